The van der Waals surface area contributed by atoms with Gasteiger partial charge in [0.25, 0.3) is 0 Å². The van der Waals surface area contributed by atoms with Crippen molar-refractivity contribution < 1.29 is 23.8 Å². The molecule has 2 fully saturated rings. The van der Waals surface area contributed by atoms with E-state index in [0.717, 1.165) is 18.9 Å². The molecule has 0 radical (unpaired) electrons. The first-order valence-electron chi connectivity index (χ1n) is 9.68. The minimum absolute atomic E-state index is 0.000228. The number of halogens is 1. The number of carboxylic acid groups (broad SMARTS) is 1. The number of carbonyl (C=O) groups is 1. The van der Waals surface area contributed by atoms with Gasteiger partial charge in [0.2, 0.25) is 5.43 Å². The van der Waals surface area contributed by atoms with Gasteiger partial charge in [0.05, 0.1) is 30.2 Å². The van der Waals surface area contributed by atoms with Crippen LogP contribution in [-0.2, 0) is 4.74 Å². The molecule has 2 heterocycles. The lowest BCUT2D eigenvalue weighted by Gasteiger charge is -2.24. The lowest BCUT2D eigenvalue weighted by molar-refractivity contribution is 0.0679. The number of aromatic nitrogens is 1. The third-order valence-corrected chi connectivity index (χ3v) is 5.58. The zero-order valence-corrected chi connectivity index (χ0v) is 16.4. The summed E-state index contributed by atoms with van der Waals surface area (Å²) in [6, 6.07) is 0.885. The van der Waals surface area contributed by atoms with Crippen molar-refractivity contribution in [2.45, 2.75) is 38.0 Å². The Bertz CT molecular complexity index is 1030. The Morgan fingerprint density at radius 1 is 1.38 bits per heavy atom. The summed E-state index contributed by atoms with van der Waals surface area (Å²) < 4.78 is 28.2. The lowest BCUT2D eigenvalue weighted by Crippen LogP contribution is -2.35. The van der Waals surface area contributed by atoms with Crippen molar-refractivity contribution in [1.29, 1.82) is 0 Å². The molecule has 0 amide bonds. The van der Waals surface area contributed by atoms with Crippen molar-refractivity contribution in [2.24, 2.45) is 5.73 Å². The Morgan fingerprint density at radius 2 is 2.10 bits per heavy atom. The third-order valence-electron chi connectivity index (χ3n) is 5.58. The fourth-order valence-corrected chi connectivity index (χ4v) is 4.10. The minimum Gasteiger partial charge on any atom is -0.492 e. The molecule has 29 heavy (non-hydrogen) atoms. The molecule has 0 bridgehead atoms. The first kappa shape index (κ1) is 19.7. The van der Waals surface area contributed by atoms with Gasteiger partial charge in [-0.15, -0.1) is 0 Å². The van der Waals surface area contributed by atoms with Gasteiger partial charge < -0.3 is 29.8 Å². The van der Waals surface area contributed by atoms with Crippen LogP contribution in [0.5, 0.6) is 5.75 Å². The number of nitrogens with two attached hydrogens (primary N) is 1. The van der Waals surface area contributed by atoms with Gasteiger partial charge in [-0.05, 0) is 25.8 Å². The molecule has 9 heteroatoms. The van der Waals surface area contributed by atoms with Gasteiger partial charge in [-0.3, -0.25) is 4.79 Å². The topological polar surface area (TPSA) is 107 Å². The molecule has 0 spiro atoms. The standard InChI is InChI=1S/C20H24FN3O5/c1-3-29-15-9-23(8-14(15)22)17-13(21)6-11-16(19(17)28-2)24(10-4-5-10)7-12(18(11)25)20(26)27/h6-7,10,14-15H,3-5,8-9,22H2,1-2H3,(H,26,27)/t14-,15+/m1/s1. The average Bonchev–Trinajstić information content (AvgIpc) is 3.45. The second kappa shape index (κ2) is 7.31. The molecule has 1 aliphatic heterocycles. The number of benzene rings is 1. The van der Waals surface area contributed by atoms with Gasteiger partial charge in [0.15, 0.2) is 11.6 Å². The molecule has 1 aromatic heterocycles. The molecule has 4 rings (SSSR count). The van der Waals surface area contributed by atoms with Crippen LogP contribution >= 0.6 is 0 Å². The molecule has 0 unspecified atom stereocenters. The number of carboxylic acids is 1. The van der Waals surface area contributed by atoms with Crippen molar-refractivity contribution in [2.75, 3.05) is 31.7 Å². The number of aromatic carboxylic acids is 1. The number of fused-ring (bicyclic) bond motifs is 1. The minimum atomic E-state index is -1.33. The highest BCUT2D eigenvalue weighted by Crippen LogP contribution is 2.44. The van der Waals surface area contributed by atoms with Crippen LogP contribution < -0.4 is 20.8 Å². The van der Waals surface area contributed by atoms with E-state index in [4.69, 9.17) is 15.2 Å². The molecule has 2 aromatic rings. The van der Waals surface area contributed by atoms with Crippen LogP contribution in [-0.4, -0.2) is 54.6 Å². The van der Waals surface area contributed by atoms with Crippen LogP contribution in [0.25, 0.3) is 10.9 Å². The van der Waals surface area contributed by atoms with Crippen LogP contribution in [0.1, 0.15) is 36.2 Å². The highest BCUT2D eigenvalue weighted by molar-refractivity contribution is 5.97. The number of anilines is 1. The summed E-state index contributed by atoms with van der Waals surface area (Å²) >= 11 is 0. The fourth-order valence-electron chi connectivity index (χ4n) is 4.10. The maximum atomic E-state index is 15.2. The summed E-state index contributed by atoms with van der Waals surface area (Å²) in [7, 11) is 1.42. The molecule has 156 valence electrons. The lowest BCUT2D eigenvalue weighted by atomic mass is 10.1. The highest BCUT2D eigenvalue weighted by atomic mass is 19.1. The van der Waals surface area contributed by atoms with Crippen LogP contribution in [0, 0.1) is 5.82 Å². The Hall–Kier alpha value is -2.65. The number of methoxy groups -OCH3 is 1. The van der Waals surface area contributed by atoms with Gasteiger partial charge in [-0.25, -0.2) is 9.18 Å². The summed E-state index contributed by atoms with van der Waals surface area (Å²) in [6.45, 7) is 3.16. The largest absolute Gasteiger partial charge is 0.492 e. The highest BCUT2D eigenvalue weighted by Gasteiger charge is 2.36. The van der Waals surface area contributed by atoms with E-state index in [-0.39, 0.29) is 40.6 Å². The van der Waals surface area contributed by atoms with E-state index in [2.05, 4.69) is 0 Å². The van der Waals surface area contributed by atoms with E-state index in [0.29, 0.717) is 25.2 Å². The van der Waals surface area contributed by atoms with Gasteiger partial charge in [-0.2, -0.15) is 0 Å². The molecular formula is C20H24FN3O5. The predicted molar refractivity (Wildman–Crippen MR) is 106 cm³/mol. The average molecular weight is 405 g/mol. The summed E-state index contributed by atoms with van der Waals surface area (Å²) in [5.74, 6) is -1.77. The number of rotatable bonds is 6. The SMILES string of the molecule is CCO[C@H]1CN(c2c(F)cc3c(=O)c(C(=O)O)cn(C4CC4)c3c2OC)C[C@H]1N. The maximum Gasteiger partial charge on any atom is 0.341 e. The van der Waals surface area contributed by atoms with Crippen LogP contribution in [0.15, 0.2) is 17.1 Å². The molecule has 2 aliphatic rings. The van der Waals surface area contributed by atoms with Crippen LogP contribution in [0.3, 0.4) is 0 Å². The third kappa shape index (κ3) is 3.24. The number of hydrogen-bond acceptors (Lipinski definition) is 6. The summed E-state index contributed by atoms with van der Waals surface area (Å²) in [5.41, 5.74) is 5.69. The van der Waals surface area contributed by atoms with E-state index in [1.807, 2.05) is 6.92 Å². The quantitative estimate of drug-likeness (QED) is 0.754. The molecule has 1 saturated heterocycles. The Labute approximate surface area is 166 Å². The van der Waals surface area contributed by atoms with Gasteiger partial charge in [0.1, 0.15) is 11.3 Å². The van der Waals surface area contributed by atoms with E-state index in [9.17, 15) is 14.7 Å². The number of pyridine rings is 1. The first-order chi connectivity index (χ1) is 13.9. The molecule has 1 saturated carbocycles. The van der Waals surface area contributed by atoms with Crippen molar-refractivity contribution in [1.82, 2.24) is 4.57 Å². The van der Waals surface area contributed by atoms with Gasteiger partial charge in [0, 0.05) is 31.9 Å². The zero-order valence-electron chi connectivity index (χ0n) is 16.4. The summed E-state index contributed by atoms with van der Waals surface area (Å²) in [5, 5.41) is 9.41. The fraction of sp³-hybridized carbons (Fsp3) is 0.500. The van der Waals surface area contributed by atoms with Crippen molar-refractivity contribution in [3.8, 4) is 5.75 Å². The monoisotopic (exact) mass is 405 g/mol. The second-order valence-corrected chi connectivity index (χ2v) is 7.51. The molecular weight excluding hydrogens is 381 g/mol. The van der Waals surface area contributed by atoms with Crippen LogP contribution in [0.4, 0.5) is 10.1 Å². The Balaban J connectivity index is 1.95. The van der Waals surface area contributed by atoms with E-state index in [1.165, 1.54) is 13.3 Å². The summed E-state index contributed by atoms with van der Waals surface area (Å²) in [4.78, 5) is 26.0. The Morgan fingerprint density at radius 3 is 2.69 bits per heavy atom. The molecule has 1 aromatic carbocycles. The van der Waals surface area contributed by atoms with E-state index < -0.39 is 17.2 Å². The predicted octanol–water partition coefficient (Wildman–Crippen LogP) is 1.73. The molecule has 2 atom stereocenters. The number of ether oxygens (including phenoxy) is 2. The van der Waals surface area contributed by atoms with E-state index in [1.54, 1.807) is 9.47 Å². The van der Waals surface area contributed by atoms with Gasteiger partial charge >= 0.3 is 5.97 Å². The Kier molecular flexibility index (Phi) is 4.95. The maximum absolute atomic E-state index is 15.2. The molecule has 1 aliphatic carbocycles. The number of hydrogen-bond donors (Lipinski definition) is 2. The number of nitrogens with zero attached hydrogens (tertiary/aromatic N) is 2. The van der Waals surface area contributed by atoms with Gasteiger partial charge in [-0.1, -0.05) is 0 Å². The molecule has 3 N–H and O–H groups in total. The van der Waals surface area contributed by atoms with Crippen LogP contribution in [0.2, 0.25) is 0 Å². The smallest absolute Gasteiger partial charge is 0.341 e. The summed E-state index contributed by atoms with van der Waals surface area (Å²) in [6.07, 6.45) is 2.81. The van der Waals surface area contributed by atoms with Crippen molar-refractivity contribution >= 4 is 22.6 Å². The second-order valence-electron chi connectivity index (χ2n) is 7.51. The van der Waals surface area contributed by atoms with Crippen molar-refractivity contribution in [3.63, 3.8) is 0 Å². The van der Waals surface area contributed by atoms with Crippen molar-refractivity contribution in [3.05, 3.63) is 33.9 Å². The normalized spacial score (nSPS) is 21.7. The van der Waals surface area contributed by atoms with E-state index >= 15 is 4.39 Å². The molecule has 8 nitrogen and oxygen atoms in total. The first-order valence-corrected chi connectivity index (χ1v) is 9.68. The zero-order chi connectivity index (χ0) is 20.9.